The molecule has 1 heterocycles. The Hall–Kier alpha value is -1.82. The molecule has 0 fully saturated rings. The van der Waals surface area contributed by atoms with E-state index in [1.54, 1.807) is 13.2 Å². The fourth-order valence-electron chi connectivity index (χ4n) is 1.93. The summed E-state index contributed by atoms with van der Waals surface area (Å²) < 4.78 is 2.36. The quantitative estimate of drug-likeness (QED) is 0.892. The monoisotopic (exact) mass is 322 g/mol. The van der Waals surface area contributed by atoms with Gasteiger partial charge in [-0.1, -0.05) is 6.07 Å². The van der Waals surface area contributed by atoms with Crippen LogP contribution in [0.3, 0.4) is 0 Å². The smallest absolute Gasteiger partial charge is 0.278 e. The van der Waals surface area contributed by atoms with Gasteiger partial charge < -0.3 is 11.1 Å². The van der Waals surface area contributed by atoms with Crippen LogP contribution >= 0.6 is 15.9 Å². The lowest BCUT2D eigenvalue weighted by Crippen LogP contribution is -2.15. The summed E-state index contributed by atoms with van der Waals surface area (Å²) in [6, 6.07) is 3.95. The molecule has 0 aliphatic heterocycles. The number of hydrogen-bond donors (Lipinski definition) is 2. The summed E-state index contributed by atoms with van der Waals surface area (Å²) in [5.74, 6) is -0.314. The van der Waals surface area contributed by atoms with Gasteiger partial charge in [0.05, 0.1) is 11.4 Å². The number of aryl methyl sites for hydroxylation is 3. The number of amides is 1. The zero-order valence-corrected chi connectivity index (χ0v) is 12.6. The fraction of sp³-hybridized carbons (Fsp3) is 0.231. The van der Waals surface area contributed by atoms with Crippen LogP contribution in [0, 0.1) is 13.8 Å². The zero-order chi connectivity index (χ0) is 14.2. The maximum atomic E-state index is 12.1. The van der Waals surface area contributed by atoms with Gasteiger partial charge >= 0.3 is 0 Å². The Kier molecular flexibility index (Phi) is 3.61. The molecule has 19 heavy (non-hydrogen) atoms. The molecular formula is C13H15BrN4O. The normalized spacial score (nSPS) is 10.5. The molecule has 1 aromatic carbocycles. The molecule has 0 bridgehead atoms. The third-order valence-corrected chi connectivity index (χ3v) is 3.37. The van der Waals surface area contributed by atoms with Crippen LogP contribution in [0.4, 0.5) is 11.4 Å². The number of carbonyl (C=O) groups excluding carboxylic acids is 1. The van der Waals surface area contributed by atoms with Crippen molar-refractivity contribution in [2.45, 2.75) is 13.8 Å². The number of aromatic nitrogens is 2. The number of nitrogens with zero attached hydrogens (tertiary/aromatic N) is 2. The van der Waals surface area contributed by atoms with Crippen molar-refractivity contribution in [1.29, 1.82) is 0 Å². The van der Waals surface area contributed by atoms with Crippen LogP contribution in [0.5, 0.6) is 0 Å². The van der Waals surface area contributed by atoms with Crippen LogP contribution in [0.25, 0.3) is 0 Å². The van der Waals surface area contributed by atoms with Gasteiger partial charge in [0, 0.05) is 17.7 Å². The third-order valence-electron chi connectivity index (χ3n) is 2.74. The van der Waals surface area contributed by atoms with Gasteiger partial charge in [0.2, 0.25) is 0 Å². The van der Waals surface area contributed by atoms with E-state index in [0.29, 0.717) is 5.69 Å². The van der Waals surface area contributed by atoms with E-state index in [1.807, 2.05) is 26.0 Å². The second kappa shape index (κ2) is 5.05. The van der Waals surface area contributed by atoms with Crippen LogP contribution < -0.4 is 11.1 Å². The summed E-state index contributed by atoms with van der Waals surface area (Å²) in [4.78, 5) is 12.1. The molecule has 6 heteroatoms. The summed E-state index contributed by atoms with van der Waals surface area (Å²) in [7, 11) is 1.72. The van der Waals surface area contributed by atoms with E-state index in [1.165, 1.54) is 4.68 Å². The Morgan fingerprint density at radius 3 is 2.63 bits per heavy atom. The predicted molar refractivity (Wildman–Crippen MR) is 79.2 cm³/mol. The first kappa shape index (κ1) is 13.6. The number of nitrogens with one attached hydrogen (secondary N) is 1. The summed E-state index contributed by atoms with van der Waals surface area (Å²) >= 11 is 3.45. The van der Waals surface area contributed by atoms with Crippen molar-refractivity contribution >= 4 is 33.2 Å². The van der Waals surface area contributed by atoms with E-state index in [4.69, 9.17) is 5.73 Å². The molecule has 3 N–H and O–H groups in total. The zero-order valence-electron chi connectivity index (χ0n) is 11.0. The maximum Gasteiger partial charge on any atom is 0.278 e. The molecule has 1 amide bonds. The van der Waals surface area contributed by atoms with E-state index in [-0.39, 0.29) is 11.6 Å². The number of carbonyl (C=O) groups is 1. The Morgan fingerprint density at radius 2 is 2.11 bits per heavy atom. The minimum absolute atomic E-state index is 0.231. The highest BCUT2D eigenvalue weighted by molar-refractivity contribution is 9.10. The van der Waals surface area contributed by atoms with Crippen molar-refractivity contribution < 1.29 is 4.79 Å². The molecular weight excluding hydrogens is 308 g/mol. The van der Waals surface area contributed by atoms with Gasteiger partial charge in [-0.2, -0.15) is 5.10 Å². The standard InChI is InChI=1S/C13H15BrN4O/c1-7-4-8(2)11(9(14)5-7)16-13(19)12-10(15)6-18(3)17-12/h4-6H,15H2,1-3H3,(H,16,19). The molecule has 0 atom stereocenters. The van der Waals surface area contributed by atoms with Crippen LogP contribution in [0.1, 0.15) is 21.6 Å². The van der Waals surface area contributed by atoms with Crippen molar-refractivity contribution in [3.8, 4) is 0 Å². The Balaban J connectivity index is 2.32. The molecule has 0 aliphatic carbocycles. The molecule has 0 unspecified atom stereocenters. The number of benzene rings is 1. The van der Waals surface area contributed by atoms with Gasteiger partial charge in [0.15, 0.2) is 5.69 Å². The lowest BCUT2D eigenvalue weighted by molar-refractivity contribution is 0.102. The molecule has 100 valence electrons. The Morgan fingerprint density at radius 1 is 1.42 bits per heavy atom. The number of halogens is 1. The highest BCUT2D eigenvalue weighted by atomic mass is 79.9. The van der Waals surface area contributed by atoms with Crippen LogP contribution in [-0.4, -0.2) is 15.7 Å². The summed E-state index contributed by atoms with van der Waals surface area (Å²) in [6.45, 7) is 3.94. The SMILES string of the molecule is Cc1cc(C)c(NC(=O)c2nn(C)cc2N)c(Br)c1. The molecule has 1 aromatic heterocycles. The van der Waals surface area contributed by atoms with Crippen molar-refractivity contribution in [2.24, 2.45) is 7.05 Å². The number of rotatable bonds is 2. The number of anilines is 2. The molecule has 5 nitrogen and oxygen atoms in total. The summed E-state index contributed by atoms with van der Waals surface area (Å²) in [6.07, 6.45) is 1.60. The highest BCUT2D eigenvalue weighted by Crippen LogP contribution is 2.28. The molecule has 0 saturated carbocycles. The van der Waals surface area contributed by atoms with Gasteiger partial charge in [0.1, 0.15) is 0 Å². The fourth-order valence-corrected chi connectivity index (χ4v) is 2.70. The summed E-state index contributed by atoms with van der Waals surface area (Å²) in [5.41, 5.74) is 9.18. The van der Waals surface area contributed by atoms with Crippen molar-refractivity contribution in [3.05, 3.63) is 39.6 Å². The summed E-state index contributed by atoms with van der Waals surface area (Å²) in [5, 5.41) is 6.88. The van der Waals surface area contributed by atoms with Crippen molar-refractivity contribution in [2.75, 3.05) is 11.1 Å². The van der Waals surface area contributed by atoms with E-state index in [0.717, 1.165) is 21.3 Å². The highest BCUT2D eigenvalue weighted by Gasteiger charge is 2.16. The second-order valence-corrected chi connectivity index (χ2v) is 5.35. The third kappa shape index (κ3) is 2.78. The van der Waals surface area contributed by atoms with Gasteiger partial charge in [0.25, 0.3) is 5.91 Å². The lowest BCUT2D eigenvalue weighted by atomic mass is 10.1. The molecule has 0 radical (unpaired) electrons. The second-order valence-electron chi connectivity index (χ2n) is 4.50. The van der Waals surface area contributed by atoms with Gasteiger partial charge in [-0.25, -0.2) is 0 Å². The van der Waals surface area contributed by atoms with Crippen molar-refractivity contribution in [3.63, 3.8) is 0 Å². The Labute approximate surface area is 119 Å². The average molecular weight is 323 g/mol. The van der Waals surface area contributed by atoms with Crippen LogP contribution in [0.15, 0.2) is 22.8 Å². The molecule has 2 aromatic rings. The lowest BCUT2D eigenvalue weighted by Gasteiger charge is -2.11. The van der Waals surface area contributed by atoms with E-state index >= 15 is 0 Å². The molecule has 2 rings (SSSR count). The minimum atomic E-state index is -0.314. The first-order chi connectivity index (χ1) is 8.88. The number of nitrogen functional groups attached to an aromatic ring is 1. The van der Waals surface area contributed by atoms with E-state index < -0.39 is 0 Å². The first-order valence-electron chi connectivity index (χ1n) is 5.75. The number of nitrogens with two attached hydrogens (primary N) is 1. The van der Waals surface area contributed by atoms with Gasteiger partial charge in [-0.3, -0.25) is 9.48 Å². The van der Waals surface area contributed by atoms with E-state index in [9.17, 15) is 4.79 Å². The predicted octanol–water partition coefficient (Wildman–Crippen LogP) is 2.63. The van der Waals surface area contributed by atoms with Gasteiger partial charge in [-0.05, 0) is 47.0 Å². The average Bonchev–Trinajstić information content (AvgIpc) is 2.62. The first-order valence-corrected chi connectivity index (χ1v) is 6.55. The van der Waals surface area contributed by atoms with Crippen LogP contribution in [0.2, 0.25) is 0 Å². The maximum absolute atomic E-state index is 12.1. The van der Waals surface area contributed by atoms with E-state index in [2.05, 4.69) is 26.3 Å². The molecule has 0 aliphatic rings. The topological polar surface area (TPSA) is 72.9 Å². The van der Waals surface area contributed by atoms with Crippen LogP contribution in [-0.2, 0) is 7.05 Å². The minimum Gasteiger partial charge on any atom is -0.396 e. The molecule has 0 spiro atoms. The van der Waals surface area contributed by atoms with Crippen molar-refractivity contribution in [1.82, 2.24) is 9.78 Å². The van der Waals surface area contributed by atoms with Gasteiger partial charge in [-0.15, -0.1) is 0 Å². The molecule has 0 saturated heterocycles. The number of hydrogen-bond acceptors (Lipinski definition) is 3. The Bertz CT molecular complexity index is 625. The largest absolute Gasteiger partial charge is 0.396 e.